The van der Waals surface area contributed by atoms with Gasteiger partial charge in [0, 0.05) is 6.20 Å². The number of hydrogen-bond donors (Lipinski definition) is 1. The smallest absolute Gasteiger partial charge is 0.450 e. The first kappa shape index (κ1) is 18.4. The van der Waals surface area contributed by atoms with Crippen molar-refractivity contribution in [2.24, 2.45) is 0 Å². The number of para-hydroxylation sites is 1. The second kappa shape index (κ2) is 8.76. The highest BCUT2D eigenvalue weighted by Crippen LogP contribution is 2.39. The van der Waals surface area contributed by atoms with Crippen LogP contribution in [0.4, 0.5) is 4.79 Å². The molecule has 0 bridgehead atoms. The van der Waals surface area contributed by atoms with Crippen LogP contribution in [0.2, 0.25) is 0 Å². The predicted molar refractivity (Wildman–Crippen MR) is 95.5 cm³/mol. The van der Waals surface area contributed by atoms with Crippen LogP contribution in [-0.2, 0) is 4.74 Å². The fourth-order valence-corrected chi connectivity index (χ4v) is 4.03. The molecule has 7 nitrogen and oxygen atoms in total. The summed E-state index contributed by atoms with van der Waals surface area (Å²) in [5.74, 6) is 0. The van der Waals surface area contributed by atoms with Gasteiger partial charge >= 0.3 is 6.16 Å². The van der Waals surface area contributed by atoms with E-state index in [1.165, 1.54) is 21.6 Å². The predicted octanol–water partition coefficient (Wildman–Crippen LogP) is 3.88. The second-order valence-corrected chi connectivity index (χ2v) is 6.80. The zero-order valence-electron chi connectivity index (χ0n) is 12.2. The first-order valence-corrected chi connectivity index (χ1v) is 8.85. The summed E-state index contributed by atoms with van der Waals surface area (Å²) in [6, 6.07) is 13.1. The topological polar surface area (TPSA) is 90.1 Å². The van der Waals surface area contributed by atoms with Gasteiger partial charge in [0.25, 0.3) is 0 Å². The van der Waals surface area contributed by atoms with Crippen molar-refractivity contribution < 1.29 is 14.6 Å². The Morgan fingerprint density at radius 1 is 1.25 bits per heavy atom. The lowest BCUT2D eigenvalue weighted by Crippen LogP contribution is -2.15. The lowest BCUT2D eigenvalue weighted by Gasteiger charge is -2.15. The number of hydrogen-bond acceptors (Lipinski definition) is 7. The zero-order chi connectivity index (χ0) is 16.1. The molecule has 126 valence electrons. The first-order chi connectivity index (χ1) is 11.2. The Balaban J connectivity index is 0.00000208. The maximum Gasteiger partial charge on any atom is 0.505 e. The third kappa shape index (κ3) is 4.53. The number of ether oxygens (including phenoxy) is 1. The van der Waals surface area contributed by atoms with E-state index >= 15 is 0 Å². The molecule has 0 fully saturated rings. The summed E-state index contributed by atoms with van der Waals surface area (Å²) >= 11 is 0. The largest absolute Gasteiger partial charge is 0.505 e. The average Bonchev–Trinajstić information content (AvgIpc) is 3.00. The number of carboxylic acid groups (broad SMARTS) is 1. The van der Waals surface area contributed by atoms with E-state index in [1.807, 2.05) is 42.5 Å². The number of nitrogens with zero attached hydrogens (tertiary/aromatic N) is 4. The molecule has 2 heterocycles. The summed E-state index contributed by atoms with van der Waals surface area (Å²) < 4.78 is 6.40. The molecule has 2 aromatic heterocycles. The number of benzene rings is 1. The molecule has 1 atom stereocenters. The summed E-state index contributed by atoms with van der Waals surface area (Å²) in [6.45, 7) is -0.0345. The molecule has 10 heteroatoms. The van der Waals surface area contributed by atoms with Gasteiger partial charge in [0.1, 0.15) is 22.5 Å². The third-order valence-corrected chi connectivity index (χ3v) is 5.42. The van der Waals surface area contributed by atoms with Crippen LogP contribution < -0.4 is 0 Å². The molecule has 0 saturated heterocycles. The summed E-state index contributed by atoms with van der Waals surface area (Å²) in [7, 11) is 2.85. The minimum Gasteiger partial charge on any atom is -0.450 e. The number of pyridine rings is 1. The van der Waals surface area contributed by atoms with Crippen LogP contribution in [0.25, 0.3) is 11.0 Å². The molecule has 1 unspecified atom stereocenters. The molecular formula is C14H13ClN4O3S2. The Labute approximate surface area is 151 Å². The molecule has 0 spiro atoms. The molecular weight excluding hydrogens is 372 g/mol. The highest BCUT2D eigenvalue weighted by molar-refractivity contribution is 8.76. The van der Waals surface area contributed by atoms with Crippen molar-refractivity contribution in [3.05, 3.63) is 48.7 Å². The Bertz CT molecular complexity index is 803. The maximum absolute atomic E-state index is 10.7. The van der Waals surface area contributed by atoms with Gasteiger partial charge in [-0.2, -0.15) is 0 Å². The van der Waals surface area contributed by atoms with E-state index in [0.29, 0.717) is 0 Å². The number of rotatable bonds is 6. The van der Waals surface area contributed by atoms with Gasteiger partial charge in [0.2, 0.25) is 0 Å². The molecule has 0 aliphatic rings. The third-order valence-electron chi connectivity index (χ3n) is 2.88. The van der Waals surface area contributed by atoms with Crippen LogP contribution in [0.15, 0.2) is 53.7 Å². The minimum absolute atomic E-state index is 0. The van der Waals surface area contributed by atoms with Gasteiger partial charge in [-0.1, -0.05) is 34.2 Å². The zero-order valence-corrected chi connectivity index (χ0v) is 14.6. The van der Waals surface area contributed by atoms with Crippen LogP contribution >= 0.6 is 34.0 Å². The van der Waals surface area contributed by atoms with Gasteiger partial charge in [0.05, 0.1) is 5.52 Å². The van der Waals surface area contributed by atoms with Crippen LogP contribution in [0.3, 0.4) is 0 Å². The van der Waals surface area contributed by atoms with E-state index in [1.54, 1.807) is 10.9 Å². The fraction of sp³-hybridized carbons (Fsp3) is 0.143. The standard InChI is InChI=1S/C14H12N4O3S2.ClH/c19-14(20)21-9-13(23-22-12-7-3-4-8-15-12)18-11-6-2-1-5-10(11)16-17-18;/h1-8,13H,9H2,(H,19,20);1H. The Hall–Kier alpha value is -1.97. The van der Waals surface area contributed by atoms with Gasteiger partial charge in [-0.3, -0.25) is 0 Å². The monoisotopic (exact) mass is 384 g/mol. The van der Waals surface area contributed by atoms with E-state index in [2.05, 4.69) is 15.3 Å². The van der Waals surface area contributed by atoms with E-state index in [-0.39, 0.29) is 24.4 Å². The van der Waals surface area contributed by atoms with Crippen molar-refractivity contribution in [1.82, 2.24) is 20.0 Å². The number of fused-ring (bicyclic) bond motifs is 1. The average molecular weight is 385 g/mol. The van der Waals surface area contributed by atoms with Crippen molar-refractivity contribution in [1.29, 1.82) is 0 Å². The Morgan fingerprint density at radius 2 is 2.04 bits per heavy atom. The summed E-state index contributed by atoms with van der Waals surface area (Å²) in [5.41, 5.74) is 1.57. The van der Waals surface area contributed by atoms with Gasteiger partial charge < -0.3 is 9.84 Å². The minimum atomic E-state index is -1.32. The lowest BCUT2D eigenvalue weighted by atomic mass is 10.3. The van der Waals surface area contributed by atoms with Crippen LogP contribution in [-0.4, -0.2) is 37.8 Å². The molecule has 24 heavy (non-hydrogen) atoms. The normalized spacial score (nSPS) is 11.7. The van der Waals surface area contributed by atoms with Gasteiger partial charge in [-0.05, 0) is 35.1 Å². The summed E-state index contributed by atoms with van der Waals surface area (Å²) in [6.07, 6.45) is 0.388. The molecule has 1 N–H and O–H groups in total. The van der Waals surface area contributed by atoms with E-state index in [0.717, 1.165) is 16.1 Å². The Morgan fingerprint density at radius 3 is 2.79 bits per heavy atom. The maximum atomic E-state index is 10.7. The van der Waals surface area contributed by atoms with Crippen molar-refractivity contribution in [2.75, 3.05) is 6.61 Å². The number of carbonyl (C=O) groups is 1. The Kier molecular flexibility index (Phi) is 6.71. The highest BCUT2D eigenvalue weighted by atomic mass is 35.5. The summed E-state index contributed by atoms with van der Waals surface area (Å²) in [4.78, 5) is 14.9. The molecule has 1 aromatic carbocycles. The second-order valence-electron chi connectivity index (χ2n) is 4.40. The number of halogens is 1. The molecule has 0 saturated carbocycles. The van der Waals surface area contributed by atoms with Crippen LogP contribution in [0, 0.1) is 0 Å². The lowest BCUT2D eigenvalue weighted by molar-refractivity contribution is 0.0869. The van der Waals surface area contributed by atoms with Gasteiger partial charge in [0.15, 0.2) is 0 Å². The highest BCUT2D eigenvalue weighted by Gasteiger charge is 2.19. The SMILES string of the molecule is Cl.O=C(O)OCC(SSc1ccccn1)n1nnc2ccccc21. The summed E-state index contributed by atoms with van der Waals surface area (Å²) in [5, 5.41) is 17.4. The molecule has 3 rings (SSSR count). The molecule has 0 aliphatic carbocycles. The van der Waals surface area contributed by atoms with E-state index in [9.17, 15) is 4.79 Å². The van der Waals surface area contributed by atoms with Crippen molar-refractivity contribution in [3.63, 3.8) is 0 Å². The van der Waals surface area contributed by atoms with E-state index in [4.69, 9.17) is 9.84 Å². The van der Waals surface area contributed by atoms with Crippen molar-refractivity contribution >= 4 is 51.2 Å². The molecule has 0 aliphatic heterocycles. The van der Waals surface area contributed by atoms with Crippen LogP contribution in [0.5, 0.6) is 0 Å². The van der Waals surface area contributed by atoms with Crippen molar-refractivity contribution in [2.45, 2.75) is 10.4 Å². The van der Waals surface area contributed by atoms with Crippen molar-refractivity contribution in [3.8, 4) is 0 Å². The molecule has 3 aromatic rings. The van der Waals surface area contributed by atoms with Gasteiger partial charge in [-0.15, -0.1) is 17.5 Å². The van der Waals surface area contributed by atoms with E-state index < -0.39 is 6.16 Å². The van der Waals surface area contributed by atoms with Crippen LogP contribution in [0.1, 0.15) is 5.37 Å². The van der Waals surface area contributed by atoms with Gasteiger partial charge in [-0.25, -0.2) is 14.5 Å². The molecule has 0 amide bonds. The fourth-order valence-electron chi connectivity index (χ4n) is 1.88. The molecule has 0 radical (unpaired) electrons. The first-order valence-electron chi connectivity index (χ1n) is 6.64. The quantitative estimate of drug-likeness (QED) is 0.505. The number of aromatic nitrogens is 4.